The molecule has 0 heterocycles. The van der Waals surface area contributed by atoms with Gasteiger partial charge < -0.3 is 4.74 Å². The third-order valence-corrected chi connectivity index (χ3v) is 12.3. The molecular weight excluding hydrogens is 673 g/mol. The van der Waals surface area contributed by atoms with E-state index in [1.807, 2.05) is 0 Å². The van der Waals surface area contributed by atoms with Gasteiger partial charge in [0.05, 0.1) is 0 Å². The number of rotatable bonds is 44. The molecule has 0 aromatic carbocycles. The van der Waals surface area contributed by atoms with Crippen LogP contribution in [-0.4, -0.2) is 11.9 Å². The molecule has 0 aromatic rings. The molecule has 0 fully saturated rings. The lowest BCUT2D eigenvalue weighted by Crippen LogP contribution is -2.11. The van der Waals surface area contributed by atoms with Crippen molar-refractivity contribution in [3.8, 4) is 0 Å². The van der Waals surface area contributed by atoms with Crippen LogP contribution in [0.4, 0.5) is 0 Å². The predicted molar refractivity (Wildman–Crippen MR) is 244 cm³/mol. The Labute approximate surface area is 347 Å². The second kappa shape index (κ2) is 42.7. The van der Waals surface area contributed by atoms with Crippen molar-refractivity contribution in [1.82, 2.24) is 0 Å². The lowest BCUT2D eigenvalue weighted by molar-refractivity contribution is -0.159. The Morgan fingerprint density at radius 2 is 0.473 bits per heavy atom. The summed E-state index contributed by atoms with van der Waals surface area (Å²) in [6.45, 7) is 14.3. The normalized spacial score (nSPS) is 12.9. The maximum absolute atomic E-state index is 12.1. The third-order valence-electron chi connectivity index (χ3n) is 12.3. The van der Waals surface area contributed by atoms with Crippen LogP contribution >= 0.6 is 0 Å². The minimum absolute atomic E-state index is 0.319. The summed E-state index contributed by atoms with van der Waals surface area (Å²) in [5.74, 6) is 2.93. The Balaban J connectivity index is 3.31. The van der Waals surface area contributed by atoms with Gasteiger partial charge in [0.25, 0.3) is 0 Å². The third kappa shape index (κ3) is 45.7. The smallest absolute Gasteiger partial charge is 0.313 e. The maximum Gasteiger partial charge on any atom is 0.313 e. The Morgan fingerprint density at radius 1 is 0.273 bits per heavy atom. The van der Waals surface area contributed by atoms with Crippen LogP contribution in [0.1, 0.15) is 298 Å². The van der Waals surface area contributed by atoms with Gasteiger partial charge in [0.15, 0.2) is 0 Å². The average Bonchev–Trinajstić information content (AvgIpc) is 3.13. The molecule has 2 unspecified atom stereocenters. The van der Waals surface area contributed by atoms with Gasteiger partial charge in [-0.1, -0.05) is 273 Å². The molecule has 0 N–H and O–H groups in total. The molecule has 0 aliphatic rings. The highest BCUT2D eigenvalue weighted by atomic mass is 16.6. The van der Waals surface area contributed by atoms with Crippen molar-refractivity contribution in [3.05, 3.63) is 0 Å². The first kappa shape index (κ1) is 54.1. The Morgan fingerprint density at radius 3 is 0.709 bits per heavy atom. The minimum atomic E-state index is -0.319. The maximum atomic E-state index is 12.1. The summed E-state index contributed by atoms with van der Waals surface area (Å²) in [7, 11) is 0. The molecule has 0 spiro atoms. The minimum Gasteiger partial charge on any atom is -0.393 e. The van der Waals surface area contributed by atoms with Gasteiger partial charge in [-0.15, -0.1) is 0 Å². The second-order valence-electron chi connectivity index (χ2n) is 19.4. The summed E-state index contributed by atoms with van der Waals surface area (Å²) < 4.78 is 5.07. The van der Waals surface area contributed by atoms with Crippen LogP contribution in [0.2, 0.25) is 0 Å². The van der Waals surface area contributed by atoms with Gasteiger partial charge in [0, 0.05) is 12.8 Å². The van der Waals surface area contributed by atoms with Gasteiger partial charge in [0.1, 0.15) is 0 Å². The standard InChI is InChI=1S/C52H102O3/c1-47(2)39-37-43-49(5)41-33-29-25-21-17-13-9-7-11-15-19-23-27-31-35-45-51(53)55-52(54)46-36-32-28-24-20-16-12-8-10-14-18-22-26-30-34-42-50(6)44-38-40-48(3)4/h47-50H,7-46H2,1-6H3. The molecule has 0 aliphatic heterocycles. The molecule has 0 aromatic heterocycles. The zero-order valence-corrected chi connectivity index (χ0v) is 38.8. The van der Waals surface area contributed by atoms with E-state index in [0.29, 0.717) is 12.8 Å². The quantitative estimate of drug-likeness (QED) is 0.0352. The van der Waals surface area contributed by atoms with E-state index in [-0.39, 0.29) is 11.9 Å². The second-order valence-corrected chi connectivity index (χ2v) is 19.4. The van der Waals surface area contributed by atoms with Crippen LogP contribution in [0.25, 0.3) is 0 Å². The largest absolute Gasteiger partial charge is 0.393 e. The summed E-state index contributed by atoms with van der Waals surface area (Å²) in [6, 6.07) is 0. The molecular formula is C52H102O3. The summed E-state index contributed by atoms with van der Waals surface area (Å²) in [5.41, 5.74) is 0. The van der Waals surface area contributed by atoms with E-state index >= 15 is 0 Å². The first-order valence-corrected chi connectivity index (χ1v) is 25.4. The van der Waals surface area contributed by atoms with E-state index in [4.69, 9.17) is 4.74 Å². The van der Waals surface area contributed by atoms with Crippen LogP contribution in [0, 0.1) is 23.7 Å². The van der Waals surface area contributed by atoms with Crippen molar-refractivity contribution in [3.63, 3.8) is 0 Å². The molecule has 0 aliphatic carbocycles. The van der Waals surface area contributed by atoms with Gasteiger partial charge in [0.2, 0.25) is 0 Å². The number of esters is 2. The van der Waals surface area contributed by atoms with Crippen LogP contribution in [0.5, 0.6) is 0 Å². The number of hydrogen-bond acceptors (Lipinski definition) is 3. The van der Waals surface area contributed by atoms with Crippen molar-refractivity contribution in [2.75, 3.05) is 0 Å². The van der Waals surface area contributed by atoms with Gasteiger partial charge in [-0.3, -0.25) is 9.59 Å². The molecule has 328 valence electrons. The first-order valence-electron chi connectivity index (χ1n) is 25.4. The van der Waals surface area contributed by atoms with E-state index in [9.17, 15) is 9.59 Å². The summed E-state index contributed by atoms with van der Waals surface area (Å²) in [6.07, 6.45) is 51.8. The molecule has 0 saturated heterocycles. The monoisotopic (exact) mass is 775 g/mol. The summed E-state index contributed by atoms with van der Waals surface area (Å²) in [4.78, 5) is 24.1. The number of carbonyl (C=O) groups is 2. The van der Waals surface area contributed by atoms with Gasteiger partial charge in [-0.2, -0.15) is 0 Å². The molecule has 0 rings (SSSR count). The lowest BCUT2D eigenvalue weighted by Gasteiger charge is -2.12. The summed E-state index contributed by atoms with van der Waals surface area (Å²) in [5, 5.41) is 0. The van der Waals surface area contributed by atoms with E-state index in [1.165, 1.54) is 218 Å². The molecule has 0 saturated carbocycles. The number of ether oxygens (including phenoxy) is 1. The SMILES string of the molecule is CC(C)CCCC(C)CCCCCCCCCCCCCCCCCC(=O)OC(=O)CCCCCCCCCCCCCCCCCC(C)CCCC(C)C. The van der Waals surface area contributed by atoms with E-state index in [1.54, 1.807) is 0 Å². The average molecular weight is 775 g/mol. The highest BCUT2D eigenvalue weighted by Crippen LogP contribution is 2.21. The molecule has 0 bridgehead atoms. The topological polar surface area (TPSA) is 43.4 Å². The van der Waals surface area contributed by atoms with Crippen LogP contribution in [0.3, 0.4) is 0 Å². The first-order chi connectivity index (χ1) is 26.7. The molecule has 55 heavy (non-hydrogen) atoms. The van der Waals surface area contributed by atoms with Crippen LogP contribution < -0.4 is 0 Å². The Hall–Kier alpha value is -0.860. The highest BCUT2D eigenvalue weighted by Gasteiger charge is 2.10. The predicted octanol–water partition coefficient (Wildman–Crippen LogP) is 18.2. The molecule has 0 amide bonds. The van der Waals surface area contributed by atoms with Gasteiger partial charge in [-0.25, -0.2) is 0 Å². The molecule has 2 atom stereocenters. The van der Waals surface area contributed by atoms with Crippen molar-refractivity contribution in [2.45, 2.75) is 298 Å². The van der Waals surface area contributed by atoms with Crippen molar-refractivity contribution >= 4 is 11.9 Å². The van der Waals surface area contributed by atoms with E-state index in [2.05, 4.69) is 41.5 Å². The van der Waals surface area contributed by atoms with E-state index < -0.39 is 0 Å². The van der Waals surface area contributed by atoms with E-state index in [0.717, 1.165) is 49.4 Å². The van der Waals surface area contributed by atoms with Gasteiger partial charge >= 0.3 is 11.9 Å². The fourth-order valence-corrected chi connectivity index (χ4v) is 8.39. The van der Waals surface area contributed by atoms with Crippen molar-refractivity contribution in [1.29, 1.82) is 0 Å². The number of carbonyl (C=O) groups excluding carboxylic acids is 2. The lowest BCUT2D eigenvalue weighted by atomic mass is 9.95. The molecule has 0 radical (unpaired) electrons. The molecule has 3 nitrogen and oxygen atoms in total. The zero-order valence-electron chi connectivity index (χ0n) is 38.8. The number of unbranched alkanes of at least 4 members (excludes halogenated alkanes) is 28. The van der Waals surface area contributed by atoms with Crippen molar-refractivity contribution < 1.29 is 14.3 Å². The summed E-state index contributed by atoms with van der Waals surface area (Å²) >= 11 is 0. The van der Waals surface area contributed by atoms with Gasteiger partial charge in [-0.05, 0) is 36.5 Å². The Kier molecular flexibility index (Phi) is 42.1. The molecule has 3 heteroatoms. The fourth-order valence-electron chi connectivity index (χ4n) is 8.39. The highest BCUT2D eigenvalue weighted by molar-refractivity contribution is 5.85. The van der Waals surface area contributed by atoms with Crippen LogP contribution in [0.15, 0.2) is 0 Å². The zero-order chi connectivity index (χ0) is 40.5. The van der Waals surface area contributed by atoms with Crippen LogP contribution in [-0.2, 0) is 14.3 Å². The van der Waals surface area contributed by atoms with Crippen molar-refractivity contribution in [2.24, 2.45) is 23.7 Å². The fraction of sp³-hybridized carbons (Fsp3) is 0.962. The Bertz CT molecular complexity index is 724. The number of hydrogen-bond donors (Lipinski definition) is 0.